The molecule has 1 fully saturated rings. The molecule has 1 saturated heterocycles. The predicted molar refractivity (Wildman–Crippen MR) is 112 cm³/mol. The van der Waals surface area contributed by atoms with Crippen molar-refractivity contribution in [1.29, 1.82) is 0 Å². The Kier molecular flexibility index (Phi) is 9.48. The smallest absolute Gasteiger partial charge is 0.311 e. The summed E-state index contributed by atoms with van der Waals surface area (Å²) in [6.07, 6.45) is -7.34. The van der Waals surface area contributed by atoms with Gasteiger partial charge in [0, 0.05) is 33.8 Å². The van der Waals surface area contributed by atoms with E-state index in [0.717, 1.165) is 33.8 Å². The summed E-state index contributed by atoms with van der Waals surface area (Å²) >= 11 is 0. The van der Waals surface area contributed by atoms with Crippen LogP contribution in [0.25, 0.3) is 0 Å². The van der Waals surface area contributed by atoms with Crippen molar-refractivity contribution >= 4 is 29.6 Å². The fourth-order valence-electron chi connectivity index (χ4n) is 3.31. The molecule has 192 valence electrons. The number of rotatable bonds is 9. The zero-order chi connectivity index (χ0) is 26.3. The molecule has 1 aliphatic heterocycles. The van der Waals surface area contributed by atoms with E-state index in [1.807, 2.05) is 0 Å². The number of hydrogen-bond donors (Lipinski definition) is 1. The average molecular weight is 499 g/mol. The van der Waals surface area contributed by atoms with Crippen LogP contribution < -0.4 is 4.74 Å². The lowest BCUT2D eigenvalue weighted by atomic mass is 9.98. The minimum absolute atomic E-state index is 0.227. The second kappa shape index (κ2) is 12.1. The van der Waals surface area contributed by atoms with Crippen LogP contribution in [-0.4, -0.2) is 71.2 Å². The first-order chi connectivity index (χ1) is 16.4. The highest BCUT2D eigenvalue weighted by Crippen LogP contribution is 2.34. The van der Waals surface area contributed by atoms with Gasteiger partial charge in [0.15, 0.2) is 18.0 Å². The van der Waals surface area contributed by atoms with E-state index in [2.05, 4.69) is 0 Å². The van der Waals surface area contributed by atoms with Crippen LogP contribution in [0.1, 0.15) is 33.3 Å². The highest BCUT2D eigenvalue weighted by molar-refractivity contribution is 5.68. The van der Waals surface area contributed by atoms with Crippen LogP contribution in [-0.2, 0) is 49.5 Å². The maximum atomic E-state index is 11.8. The molecule has 0 spiro atoms. The first kappa shape index (κ1) is 27.5. The van der Waals surface area contributed by atoms with E-state index in [9.17, 15) is 34.4 Å². The molecule has 14 nitrogen and oxygen atoms in total. The molecular weight excluding hydrogens is 474 g/mol. The Hall–Kier alpha value is -3.78. The Morgan fingerprint density at radius 1 is 0.943 bits per heavy atom. The molecule has 0 unspecified atom stereocenters. The maximum Gasteiger partial charge on any atom is 0.311 e. The van der Waals surface area contributed by atoms with Crippen molar-refractivity contribution in [2.45, 2.75) is 65.0 Å². The number of benzene rings is 1. The fraction of sp³-hybridized carbons (Fsp3) is 0.524. The third-order valence-corrected chi connectivity index (χ3v) is 4.59. The minimum atomic E-state index is -1.63. The molecule has 1 aromatic rings. The molecule has 0 saturated carbocycles. The summed E-state index contributed by atoms with van der Waals surface area (Å²) in [6, 6.07) is 3.62. The lowest BCUT2D eigenvalue weighted by Gasteiger charge is -2.43. The minimum Gasteiger partial charge on any atom is -0.463 e. The maximum absolute atomic E-state index is 11.8. The van der Waals surface area contributed by atoms with Gasteiger partial charge in [0.1, 0.15) is 12.7 Å². The van der Waals surface area contributed by atoms with E-state index in [1.54, 1.807) is 0 Å². The lowest BCUT2D eigenvalue weighted by molar-refractivity contribution is -0.387. The molecule has 14 heteroatoms. The fourth-order valence-corrected chi connectivity index (χ4v) is 3.31. The second-order valence-corrected chi connectivity index (χ2v) is 7.40. The Morgan fingerprint density at radius 2 is 1.51 bits per heavy atom. The largest absolute Gasteiger partial charge is 0.463 e. The average Bonchev–Trinajstić information content (AvgIpc) is 2.75. The quantitative estimate of drug-likeness (QED) is 0.215. The standard InChI is InChI=1S/C21H25NO13/c1-10(24)30-9-17-18(31-11(2)25)19(32-12(3)26)20(33-13(4)27)21(35-17)34-16-6-5-14(8-23)7-15(16)22(28)29/h5-7,17-21,23H,8-9H2,1-4H3/t17-,18+,19+,20-,21-/m1/s1. The van der Waals surface area contributed by atoms with Crippen LogP contribution >= 0.6 is 0 Å². The summed E-state index contributed by atoms with van der Waals surface area (Å²) in [7, 11) is 0. The molecule has 1 aromatic carbocycles. The number of esters is 4. The molecular formula is C21H25NO13. The zero-order valence-corrected chi connectivity index (χ0v) is 19.3. The monoisotopic (exact) mass is 499 g/mol. The predicted octanol–water partition coefficient (Wildman–Crippen LogP) is 0.549. The number of nitro benzene ring substituents is 1. The first-order valence-corrected chi connectivity index (χ1v) is 10.3. The number of aliphatic hydroxyl groups is 1. The summed E-state index contributed by atoms with van der Waals surface area (Å²) < 4.78 is 32.1. The summed E-state index contributed by atoms with van der Waals surface area (Å²) in [5.41, 5.74) is -0.310. The number of carbonyl (C=O) groups is 4. The van der Waals surface area contributed by atoms with Gasteiger partial charge in [0.05, 0.1) is 11.5 Å². The summed E-state index contributed by atoms with van der Waals surface area (Å²) in [5.74, 6) is -3.52. The van der Waals surface area contributed by atoms with Gasteiger partial charge >= 0.3 is 29.6 Å². The third kappa shape index (κ3) is 7.61. The number of aliphatic hydroxyl groups excluding tert-OH is 1. The third-order valence-electron chi connectivity index (χ3n) is 4.59. The number of nitrogens with zero attached hydrogens (tertiary/aromatic N) is 1. The lowest BCUT2D eigenvalue weighted by Crippen LogP contribution is -2.63. The highest BCUT2D eigenvalue weighted by atomic mass is 16.7. The van der Waals surface area contributed by atoms with Gasteiger partial charge in [-0.1, -0.05) is 6.07 Å². The molecule has 5 atom stereocenters. The molecule has 0 bridgehead atoms. The van der Waals surface area contributed by atoms with E-state index >= 15 is 0 Å². The van der Waals surface area contributed by atoms with Crippen LogP contribution in [0.3, 0.4) is 0 Å². The van der Waals surface area contributed by atoms with Gasteiger partial charge in [-0.05, 0) is 11.6 Å². The Morgan fingerprint density at radius 3 is 2.03 bits per heavy atom. The Balaban J connectivity index is 2.55. The highest BCUT2D eigenvalue weighted by Gasteiger charge is 2.53. The van der Waals surface area contributed by atoms with Gasteiger partial charge in [0.2, 0.25) is 12.4 Å². The van der Waals surface area contributed by atoms with Crippen LogP contribution in [0.5, 0.6) is 5.75 Å². The summed E-state index contributed by atoms with van der Waals surface area (Å²) in [6.45, 7) is 3.34. The molecule has 0 aromatic heterocycles. The van der Waals surface area contributed by atoms with E-state index in [1.165, 1.54) is 12.1 Å². The van der Waals surface area contributed by atoms with Crippen molar-refractivity contribution in [2.75, 3.05) is 6.61 Å². The number of carbonyl (C=O) groups excluding carboxylic acids is 4. The molecule has 0 radical (unpaired) electrons. The number of ether oxygens (including phenoxy) is 6. The Bertz CT molecular complexity index is 978. The molecule has 1 N–H and O–H groups in total. The molecule has 1 aliphatic rings. The van der Waals surface area contributed by atoms with E-state index in [0.29, 0.717) is 0 Å². The van der Waals surface area contributed by atoms with Crippen molar-refractivity contribution in [3.05, 3.63) is 33.9 Å². The summed E-state index contributed by atoms with van der Waals surface area (Å²) in [5, 5.41) is 20.8. The molecule has 1 heterocycles. The van der Waals surface area contributed by atoms with Crippen LogP contribution in [0.2, 0.25) is 0 Å². The first-order valence-electron chi connectivity index (χ1n) is 10.3. The van der Waals surface area contributed by atoms with Crippen molar-refractivity contribution in [3.63, 3.8) is 0 Å². The second-order valence-electron chi connectivity index (χ2n) is 7.40. The SMILES string of the molecule is CC(=O)OC[C@H]1O[C@@H](Oc2ccc(CO)cc2[N+](=O)[O-])[C@H](OC(C)=O)[C@@H](OC(C)=O)[C@H]1OC(C)=O. The van der Waals surface area contributed by atoms with Gasteiger partial charge in [-0.15, -0.1) is 0 Å². The number of nitro groups is 1. The van der Waals surface area contributed by atoms with Crippen LogP contribution in [0.15, 0.2) is 18.2 Å². The van der Waals surface area contributed by atoms with Gasteiger partial charge < -0.3 is 33.5 Å². The van der Waals surface area contributed by atoms with Gasteiger partial charge in [-0.3, -0.25) is 29.3 Å². The van der Waals surface area contributed by atoms with Gasteiger partial charge in [-0.25, -0.2) is 0 Å². The van der Waals surface area contributed by atoms with E-state index in [-0.39, 0.29) is 11.3 Å². The number of hydrogen-bond acceptors (Lipinski definition) is 13. The molecule has 35 heavy (non-hydrogen) atoms. The summed E-state index contributed by atoms with van der Waals surface area (Å²) in [4.78, 5) is 57.6. The van der Waals surface area contributed by atoms with Crippen molar-refractivity contribution < 1.29 is 57.6 Å². The van der Waals surface area contributed by atoms with Crippen molar-refractivity contribution in [3.8, 4) is 5.75 Å². The van der Waals surface area contributed by atoms with E-state index in [4.69, 9.17) is 28.4 Å². The van der Waals surface area contributed by atoms with Crippen LogP contribution in [0.4, 0.5) is 5.69 Å². The normalized spacial score (nSPS) is 23.5. The van der Waals surface area contributed by atoms with Gasteiger partial charge in [-0.2, -0.15) is 0 Å². The Labute approximate surface area is 199 Å². The topological polar surface area (TPSA) is 187 Å². The molecule has 0 aliphatic carbocycles. The van der Waals surface area contributed by atoms with Crippen molar-refractivity contribution in [2.24, 2.45) is 0 Å². The molecule has 2 rings (SSSR count). The van der Waals surface area contributed by atoms with Crippen molar-refractivity contribution in [1.82, 2.24) is 0 Å². The van der Waals surface area contributed by atoms with E-state index < -0.39 is 78.4 Å². The van der Waals surface area contributed by atoms with Gasteiger partial charge in [0.25, 0.3) is 0 Å². The zero-order valence-electron chi connectivity index (χ0n) is 19.3. The molecule has 0 amide bonds. The van der Waals surface area contributed by atoms with Crippen LogP contribution in [0, 0.1) is 10.1 Å².